The summed E-state index contributed by atoms with van der Waals surface area (Å²) in [6.07, 6.45) is 2.94. The van der Waals surface area contributed by atoms with Crippen LogP contribution in [0.15, 0.2) is 41.3 Å². The van der Waals surface area contributed by atoms with Gasteiger partial charge in [-0.2, -0.15) is 0 Å². The maximum Gasteiger partial charge on any atom is 0.341 e. The molecule has 0 unspecified atom stereocenters. The number of pyridine rings is 2. The minimum absolute atomic E-state index is 0.196. The van der Waals surface area contributed by atoms with Crippen molar-refractivity contribution in [2.24, 2.45) is 0 Å². The Morgan fingerprint density at radius 1 is 1.31 bits per heavy atom. The highest BCUT2D eigenvalue weighted by Crippen LogP contribution is 2.43. The third-order valence-electron chi connectivity index (χ3n) is 4.90. The highest BCUT2D eigenvalue weighted by atomic mass is 19.1. The van der Waals surface area contributed by atoms with Crippen LogP contribution in [0.4, 0.5) is 10.1 Å². The van der Waals surface area contributed by atoms with Crippen LogP contribution in [0.2, 0.25) is 0 Å². The molecule has 0 saturated heterocycles. The molecule has 4 rings (SSSR count). The van der Waals surface area contributed by atoms with Gasteiger partial charge < -0.3 is 10.8 Å². The van der Waals surface area contributed by atoms with Gasteiger partial charge in [0.1, 0.15) is 11.4 Å². The first kappa shape index (κ1) is 16.3. The molecule has 3 aromatic rings. The van der Waals surface area contributed by atoms with Crippen molar-refractivity contribution in [1.82, 2.24) is 4.40 Å². The van der Waals surface area contributed by atoms with E-state index in [4.69, 9.17) is 5.73 Å². The molecule has 3 N–H and O–H groups in total. The summed E-state index contributed by atoms with van der Waals surface area (Å²) < 4.78 is 16.0. The predicted molar refractivity (Wildman–Crippen MR) is 97.1 cm³/mol. The molecule has 26 heavy (non-hydrogen) atoms. The summed E-state index contributed by atoms with van der Waals surface area (Å²) in [7, 11) is 0. The van der Waals surface area contributed by atoms with E-state index in [0.29, 0.717) is 27.9 Å². The highest BCUT2D eigenvalue weighted by molar-refractivity contribution is 5.89. The molecule has 1 saturated carbocycles. The van der Waals surface area contributed by atoms with Gasteiger partial charge in [0.2, 0.25) is 0 Å². The van der Waals surface area contributed by atoms with E-state index >= 15 is 0 Å². The van der Waals surface area contributed by atoms with Gasteiger partial charge in [-0.25, -0.2) is 9.18 Å². The molecule has 0 spiro atoms. The van der Waals surface area contributed by atoms with Gasteiger partial charge in [-0.05, 0) is 60.6 Å². The average molecular weight is 352 g/mol. The number of hydrogen-bond acceptors (Lipinski definition) is 3. The third-order valence-corrected chi connectivity index (χ3v) is 4.90. The molecule has 132 valence electrons. The number of benzene rings is 1. The molecule has 2 aromatic heterocycles. The lowest BCUT2D eigenvalue weighted by Crippen LogP contribution is -2.24. The second kappa shape index (κ2) is 5.69. The van der Waals surface area contributed by atoms with E-state index in [1.165, 1.54) is 6.07 Å². The number of carbonyl (C=O) groups is 1. The molecule has 0 atom stereocenters. The van der Waals surface area contributed by atoms with E-state index in [9.17, 15) is 19.1 Å². The van der Waals surface area contributed by atoms with Crippen molar-refractivity contribution < 1.29 is 14.3 Å². The zero-order valence-corrected chi connectivity index (χ0v) is 14.1. The fraction of sp³-hybridized carbons (Fsp3) is 0.200. The van der Waals surface area contributed by atoms with Crippen LogP contribution in [0, 0.1) is 12.7 Å². The van der Waals surface area contributed by atoms with Crippen LogP contribution in [-0.2, 0) is 0 Å². The second-order valence-electron chi connectivity index (χ2n) is 6.72. The fourth-order valence-corrected chi connectivity index (χ4v) is 3.56. The van der Waals surface area contributed by atoms with Crippen molar-refractivity contribution in [3.05, 3.63) is 69.4 Å². The van der Waals surface area contributed by atoms with Crippen molar-refractivity contribution >= 4 is 17.2 Å². The SMILES string of the molecule is Cc1c(-c2cccc(N)c2)c(F)cn2c(=O)c(C(=O)O)cc(C3CC3)c12. The molecule has 2 heterocycles. The molecular formula is C20H17FN2O3. The van der Waals surface area contributed by atoms with E-state index in [2.05, 4.69) is 0 Å². The monoisotopic (exact) mass is 352 g/mol. The van der Waals surface area contributed by atoms with E-state index in [0.717, 1.165) is 29.0 Å². The Morgan fingerprint density at radius 3 is 2.65 bits per heavy atom. The van der Waals surface area contributed by atoms with Crippen molar-refractivity contribution in [3.63, 3.8) is 0 Å². The van der Waals surface area contributed by atoms with Crippen molar-refractivity contribution in [3.8, 4) is 11.1 Å². The number of nitrogen functional groups attached to an aromatic ring is 1. The first-order valence-electron chi connectivity index (χ1n) is 8.36. The lowest BCUT2D eigenvalue weighted by Gasteiger charge is -2.16. The molecule has 0 amide bonds. The van der Waals surface area contributed by atoms with Crippen molar-refractivity contribution in [1.29, 1.82) is 0 Å². The quantitative estimate of drug-likeness (QED) is 0.706. The number of hydrogen-bond donors (Lipinski definition) is 2. The number of aromatic nitrogens is 1. The first-order valence-corrected chi connectivity index (χ1v) is 8.36. The van der Waals surface area contributed by atoms with Crippen LogP contribution >= 0.6 is 0 Å². The number of anilines is 1. The largest absolute Gasteiger partial charge is 0.477 e. The Kier molecular flexibility index (Phi) is 3.57. The van der Waals surface area contributed by atoms with Gasteiger partial charge in [-0.15, -0.1) is 0 Å². The fourth-order valence-electron chi connectivity index (χ4n) is 3.56. The molecule has 0 radical (unpaired) electrons. The summed E-state index contributed by atoms with van der Waals surface area (Å²) >= 11 is 0. The lowest BCUT2D eigenvalue weighted by molar-refractivity contribution is 0.0694. The molecule has 1 fully saturated rings. The van der Waals surface area contributed by atoms with Gasteiger partial charge >= 0.3 is 5.97 Å². The van der Waals surface area contributed by atoms with Crippen molar-refractivity contribution in [2.45, 2.75) is 25.7 Å². The zero-order valence-electron chi connectivity index (χ0n) is 14.1. The van der Waals surface area contributed by atoms with Crippen LogP contribution in [0.25, 0.3) is 16.6 Å². The van der Waals surface area contributed by atoms with Crippen LogP contribution in [-0.4, -0.2) is 15.5 Å². The van der Waals surface area contributed by atoms with Gasteiger partial charge in [-0.3, -0.25) is 9.20 Å². The number of aryl methyl sites for hydroxylation is 1. The Balaban J connectivity index is 2.13. The molecule has 5 nitrogen and oxygen atoms in total. The number of halogens is 1. The van der Waals surface area contributed by atoms with Crippen LogP contribution in [0.1, 0.15) is 40.2 Å². The molecule has 0 aliphatic heterocycles. The van der Waals surface area contributed by atoms with Gasteiger partial charge in [0.25, 0.3) is 5.56 Å². The normalized spacial score (nSPS) is 13.9. The Hall–Kier alpha value is -3.15. The molecular weight excluding hydrogens is 335 g/mol. The number of rotatable bonds is 3. The van der Waals surface area contributed by atoms with Gasteiger partial charge in [-0.1, -0.05) is 12.1 Å². The number of carboxylic acids is 1. The Morgan fingerprint density at radius 2 is 2.04 bits per heavy atom. The molecule has 1 aromatic carbocycles. The maximum atomic E-state index is 14.9. The third kappa shape index (κ3) is 2.45. The van der Waals surface area contributed by atoms with Gasteiger partial charge in [0.15, 0.2) is 0 Å². The van der Waals surface area contributed by atoms with Gasteiger partial charge in [0.05, 0.1) is 5.52 Å². The standard InChI is InChI=1S/C20H17FN2O3/c1-10-17(12-3-2-4-13(22)7-12)16(21)9-23-18(10)14(11-5-6-11)8-15(19(23)24)20(25)26/h2-4,7-9,11H,5-6,22H2,1H3,(H,25,26). The topological polar surface area (TPSA) is 84.8 Å². The summed E-state index contributed by atoms with van der Waals surface area (Å²) in [4.78, 5) is 24.0. The summed E-state index contributed by atoms with van der Waals surface area (Å²) in [5.74, 6) is -1.70. The van der Waals surface area contributed by atoms with Gasteiger partial charge in [0, 0.05) is 17.4 Å². The Labute approximate surface area is 148 Å². The number of carboxylic acid groups (broad SMARTS) is 1. The van der Waals surface area contributed by atoms with Crippen LogP contribution in [0.3, 0.4) is 0 Å². The second-order valence-corrected chi connectivity index (χ2v) is 6.72. The number of aromatic carboxylic acids is 1. The van der Waals surface area contributed by atoms with Crippen LogP contribution in [0.5, 0.6) is 0 Å². The number of fused-ring (bicyclic) bond motifs is 1. The summed E-state index contributed by atoms with van der Waals surface area (Å²) in [6.45, 7) is 1.75. The average Bonchev–Trinajstić information content (AvgIpc) is 3.40. The lowest BCUT2D eigenvalue weighted by atomic mass is 9.96. The number of nitrogens with two attached hydrogens (primary N) is 1. The minimum atomic E-state index is -1.30. The molecule has 6 heteroatoms. The minimum Gasteiger partial charge on any atom is -0.477 e. The Bertz CT molecular complexity index is 1130. The summed E-state index contributed by atoms with van der Waals surface area (Å²) in [5, 5.41) is 9.33. The number of nitrogens with zero attached hydrogens (tertiary/aromatic N) is 1. The van der Waals surface area contributed by atoms with E-state index in [1.54, 1.807) is 31.2 Å². The molecule has 1 aliphatic rings. The molecule has 1 aliphatic carbocycles. The summed E-state index contributed by atoms with van der Waals surface area (Å²) in [5.41, 5.74) is 8.26. The first-order chi connectivity index (χ1) is 12.4. The van der Waals surface area contributed by atoms with E-state index in [1.807, 2.05) is 0 Å². The van der Waals surface area contributed by atoms with E-state index in [-0.39, 0.29) is 11.5 Å². The van der Waals surface area contributed by atoms with E-state index < -0.39 is 17.3 Å². The van der Waals surface area contributed by atoms with Crippen molar-refractivity contribution in [2.75, 3.05) is 5.73 Å². The molecule has 0 bridgehead atoms. The van der Waals surface area contributed by atoms with Crippen LogP contribution < -0.4 is 11.3 Å². The maximum absolute atomic E-state index is 14.9. The summed E-state index contributed by atoms with van der Waals surface area (Å²) in [6, 6.07) is 8.36. The predicted octanol–water partition coefficient (Wildman–Crippen LogP) is 3.57. The zero-order chi connectivity index (χ0) is 18.6. The smallest absolute Gasteiger partial charge is 0.341 e. The highest BCUT2D eigenvalue weighted by Gasteiger charge is 2.30.